The molecule has 4 rings (SSSR count). The van der Waals surface area contributed by atoms with Gasteiger partial charge in [-0.2, -0.15) is 0 Å². The minimum absolute atomic E-state index is 0.0977. The van der Waals surface area contributed by atoms with Crippen molar-refractivity contribution in [3.8, 4) is 5.69 Å². The van der Waals surface area contributed by atoms with Crippen LogP contribution in [0.15, 0.2) is 60.9 Å². The summed E-state index contributed by atoms with van der Waals surface area (Å²) >= 11 is 0. The first kappa shape index (κ1) is 16.5. The Labute approximate surface area is 153 Å². The van der Waals surface area contributed by atoms with Crippen molar-refractivity contribution in [2.45, 2.75) is 25.7 Å². The second-order valence-electron chi connectivity index (χ2n) is 6.85. The van der Waals surface area contributed by atoms with E-state index in [-0.39, 0.29) is 11.8 Å². The third-order valence-electron chi connectivity index (χ3n) is 4.98. The number of benzene rings is 2. The molecule has 0 spiro atoms. The van der Waals surface area contributed by atoms with Gasteiger partial charge in [0.2, 0.25) is 0 Å². The van der Waals surface area contributed by atoms with Crippen molar-refractivity contribution in [3.05, 3.63) is 77.9 Å². The zero-order valence-corrected chi connectivity index (χ0v) is 14.9. The first-order valence-corrected chi connectivity index (χ1v) is 9.03. The number of piperidine rings is 1. The molecule has 1 amide bonds. The number of likely N-dealkylation sites (tertiary alicyclic amines) is 1. The van der Waals surface area contributed by atoms with Gasteiger partial charge >= 0.3 is 0 Å². The van der Waals surface area contributed by atoms with Gasteiger partial charge in [-0.05, 0) is 44.0 Å². The van der Waals surface area contributed by atoms with E-state index < -0.39 is 0 Å². The van der Waals surface area contributed by atoms with Crippen molar-refractivity contribution >= 4 is 5.91 Å². The number of nitrogens with zero attached hydrogens (tertiary/aromatic N) is 4. The van der Waals surface area contributed by atoms with Crippen molar-refractivity contribution in [1.29, 1.82) is 0 Å². The molecule has 1 atom stereocenters. The van der Waals surface area contributed by atoms with Gasteiger partial charge in [0, 0.05) is 30.3 Å². The molecule has 2 heterocycles. The van der Waals surface area contributed by atoms with Gasteiger partial charge in [0.05, 0.1) is 0 Å². The smallest absolute Gasteiger partial charge is 0.253 e. The Morgan fingerprint density at radius 2 is 1.85 bits per heavy atom. The van der Waals surface area contributed by atoms with Crippen LogP contribution < -0.4 is 0 Å². The van der Waals surface area contributed by atoms with Gasteiger partial charge in [-0.1, -0.05) is 35.9 Å². The lowest BCUT2D eigenvalue weighted by Gasteiger charge is -2.32. The summed E-state index contributed by atoms with van der Waals surface area (Å²) in [5.74, 6) is 1.22. The number of carbonyl (C=O) groups is 1. The molecule has 5 heteroatoms. The van der Waals surface area contributed by atoms with E-state index in [0.29, 0.717) is 6.54 Å². The van der Waals surface area contributed by atoms with E-state index >= 15 is 0 Å². The predicted molar refractivity (Wildman–Crippen MR) is 100 cm³/mol. The summed E-state index contributed by atoms with van der Waals surface area (Å²) in [6, 6.07) is 17.9. The Kier molecular flexibility index (Phi) is 4.52. The van der Waals surface area contributed by atoms with Crippen LogP contribution in [0.4, 0.5) is 0 Å². The van der Waals surface area contributed by atoms with Crippen LogP contribution in [0.25, 0.3) is 5.69 Å². The number of carbonyl (C=O) groups excluding carboxylic acids is 1. The third-order valence-corrected chi connectivity index (χ3v) is 4.98. The minimum atomic E-state index is 0.0977. The Balaban J connectivity index is 1.55. The highest BCUT2D eigenvalue weighted by Gasteiger charge is 2.28. The van der Waals surface area contributed by atoms with Crippen molar-refractivity contribution in [2.24, 2.45) is 0 Å². The minimum Gasteiger partial charge on any atom is -0.338 e. The maximum atomic E-state index is 12.9. The molecule has 1 aromatic heterocycles. The van der Waals surface area contributed by atoms with E-state index in [9.17, 15) is 4.79 Å². The van der Waals surface area contributed by atoms with Crippen LogP contribution in [-0.4, -0.2) is 38.7 Å². The molecule has 0 saturated carbocycles. The molecule has 1 aliphatic rings. The average Bonchev–Trinajstić information content (AvgIpc) is 3.19. The number of hydrogen-bond donors (Lipinski definition) is 0. The lowest BCUT2D eigenvalue weighted by Crippen LogP contribution is -2.39. The highest BCUT2D eigenvalue weighted by molar-refractivity contribution is 5.94. The normalized spacial score (nSPS) is 17.3. The molecule has 0 N–H and O–H groups in total. The molecule has 5 nitrogen and oxygen atoms in total. The summed E-state index contributed by atoms with van der Waals surface area (Å²) in [6.45, 7) is 3.50. The van der Waals surface area contributed by atoms with Gasteiger partial charge in [-0.15, -0.1) is 10.2 Å². The molecular formula is C21H22N4O. The van der Waals surface area contributed by atoms with Crippen LogP contribution in [0.5, 0.6) is 0 Å². The number of aryl methyl sites for hydroxylation is 1. The van der Waals surface area contributed by atoms with Crippen molar-refractivity contribution in [1.82, 2.24) is 19.7 Å². The van der Waals surface area contributed by atoms with E-state index in [1.165, 1.54) is 0 Å². The first-order chi connectivity index (χ1) is 12.7. The van der Waals surface area contributed by atoms with Crippen LogP contribution in [0.2, 0.25) is 0 Å². The summed E-state index contributed by atoms with van der Waals surface area (Å²) in [5, 5.41) is 8.49. The van der Waals surface area contributed by atoms with E-state index in [2.05, 4.69) is 10.2 Å². The summed E-state index contributed by atoms with van der Waals surface area (Å²) < 4.78 is 2.03. The van der Waals surface area contributed by atoms with Crippen molar-refractivity contribution in [2.75, 3.05) is 13.1 Å². The lowest BCUT2D eigenvalue weighted by molar-refractivity contribution is 0.0704. The number of amides is 1. The van der Waals surface area contributed by atoms with Crippen molar-refractivity contribution in [3.63, 3.8) is 0 Å². The third kappa shape index (κ3) is 3.25. The van der Waals surface area contributed by atoms with Crippen LogP contribution >= 0.6 is 0 Å². The molecule has 2 aromatic carbocycles. The zero-order chi connectivity index (χ0) is 17.9. The van der Waals surface area contributed by atoms with Crippen LogP contribution in [0, 0.1) is 6.92 Å². The number of hydrogen-bond acceptors (Lipinski definition) is 3. The first-order valence-electron chi connectivity index (χ1n) is 9.03. The summed E-state index contributed by atoms with van der Waals surface area (Å²) in [7, 11) is 0. The predicted octanol–water partition coefficient (Wildman–Crippen LogP) is 3.60. The van der Waals surface area contributed by atoms with E-state index in [0.717, 1.165) is 42.0 Å². The van der Waals surface area contributed by atoms with Crippen LogP contribution in [-0.2, 0) is 0 Å². The molecule has 1 aliphatic heterocycles. The number of aromatic nitrogens is 3. The van der Waals surface area contributed by atoms with Gasteiger partial charge in [-0.3, -0.25) is 9.36 Å². The summed E-state index contributed by atoms with van der Waals surface area (Å²) in [6.07, 6.45) is 3.75. The molecule has 3 aromatic rings. The highest BCUT2D eigenvalue weighted by Crippen LogP contribution is 2.28. The zero-order valence-electron chi connectivity index (χ0n) is 14.9. The molecule has 0 unspecified atom stereocenters. The summed E-state index contributed by atoms with van der Waals surface area (Å²) in [4.78, 5) is 14.8. The van der Waals surface area contributed by atoms with Gasteiger partial charge in [-0.25, -0.2) is 0 Å². The number of para-hydroxylation sites is 1. The highest BCUT2D eigenvalue weighted by atomic mass is 16.2. The maximum absolute atomic E-state index is 12.9. The molecule has 0 bridgehead atoms. The van der Waals surface area contributed by atoms with Gasteiger partial charge < -0.3 is 4.90 Å². The molecule has 0 radical (unpaired) electrons. The lowest BCUT2D eigenvalue weighted by atomic mass is 9.96. The Morgan fingerprint density at radius 3 is 2.62 bits per heavy atom. The molecule has 1 fully saturated rings. The monoisotopic (exact) mass is 346 g/mol. The van der Waals surface area contributed by atoms with E-state index in [1.54, 1.807) is 6.33 Å². The molecule has 132 valence electrons. The average molecular weight is 346 g/mol. The SMILES string of the molecule is Cc1ccc(C(=O)N2CCC[C@@H](c3nncn3-c3ccccc3)C2)cc1. The summed E-state index contributed by atoms with van der Waals surface area (Å²) in [5.41, 5.74) is 2.96. The molecule has 0 aliphatic carbocycles. The standard InChI is InChI=1S/C21H22N4O/c1-16-9-11-17(12-10-16)21(26)24-13-5-6-18(14-24)20-23-22-15-25(20)19-7-3-2-4-8-19/h2-4,7-12,15,18H,5-6,13-14H2,1H3/t18-/m1/s1. The number of rotatable bonds is 3. The fourth-order valence-electron chi connectivity index (χ4n) is 3.56. The van der Waals surface area contributed by atoms with Gasteiger partial charge in [0.25, 0.3) is 5.91 Å². The molecule has 1 saturated heterocycles. The molecule has 26 heavy (non-hydrogen) atoms. The van der Waals surface area contributed by atoms with Crippen molar-refractivity contribution < 1.29 is 4.79 Å². The van der Waals surface area contributed by atoms with E-state index in [4.69, 9.17) is 0 Å². The van der Waals surface area contributed by atoms with Crippen LogP contribution in [0.1, 0.15) is 40.5 Å². The quantitative estimate of drug-likeness (QED) is 0.728. The largest absolute Gasteiger partial charge is 0.338 e. The second kappa shape index (κ2) is 7.12. The fraction of sp³-hybridized carbons (Fsp3) is 0.286. The van der Waals surface area contributed by atoms with E-state index in [1.807, 2.05) is 71.0 Å². The maximum Gasteiger partial charge on any atom is 0.253 e. The second-order valence-corrected chi connectivity index (χ2v) is 6.85. The van der Waals surface area contributed by atoms with Gasteiger partial charge in [0.15, 0.2) is 0 Å². The Bertz CT molecular complexity index is 886. The van der Waals surface area contributed by atoms with Crippen LogP contribution in [0.3, 0.4) is 0 Å². The fourth-order valence-corrected chi connectivity index (χ4v) is 3.56. The van der Waals surface area contributed by atoms with Gasteiger partial charge in [0.1, 0.15) is 12.2 Å². The Morgan fingerprint density at radius 1 is 1.08 bits per heavy atom. The molecular weight excluding hydrogens is 324 g/mol. The topological polar surface area (TPSA) is 51.0 Å². The Hall–Kier alpha value is -2.95.